The number of aryl methyl sites for hydroxylation is 1. The third-order valence-corrected chi connectivity index (χ3v) is 5.55. The van der Waals surface area contributed by atoms with Gasteiger partial charge < -0.3 is 4.74 Å². The van der Waals surface area contributed by atoms with E-state index in [2.05, 4.69) is 55.5 Å². The highest BCUT2D eigenvalue weighted by atomic mass is 16.5. The predicted molar refractivity (Wildman–Crippen MR) is 108 cm³/mol. The Labute approximate surface area is 154 Å². The smallest absolute Gasteiger partial charge is 0.198 e. The Morgan fingerprint density at radius 3 is 2.46 bits per heavy atom. The quantitative estimate of drug-likeness (QED) is 0.473. The van der Waals surface area contributed by atoms with Crippen molar-refractivity contribution in [1.29, 1.82) is 0 Å². The Morgan fingerprint density at radius 2 is 1.73 bits per heavy atom. The van der Waals surface area contributed by atoms with Gasteiger partial charge in [0.2, 0.25) is 0 Å². The molecule has 0 amide bonds. The molecule has 26 heavy (non-hydrogen) atoms. The fourth-order valence-electron chi connectivity index (χ4n) is 4.13. The number of rotatable bonds is 0. The van der Waals surface area contributed by atoms with Crippen LogP contribution in [0.5, 0.6) is 0 Å². The zero-order chi connectivity index (χ0) is 18.1. The first-order chi connectivity index (χ1) is 12.6. The standard InChI is InChI=1S/C19H18.C5H6O2/c1-13-5-4-7-15-10-11-17-16-8-3-2-6-14(16)9-12-18(17)19(13)15;1-4-5(6)2-3-7-4/h2-3,6,8-13H,4-5,7H2,1H3;2-4H,1H3. The van der Waals surface area contributed by atoms with Crippen LogP contribution in [0.25, 0.3) is 21.5 Å². The largest absolute Gasteiger partial charge is 0.490 e. The van der Waals surface area contributed by atoms with Crippen LogP contribution in [-0.2, 0) is 16.0 Å². The van der Waals surface area contributed by atoms with Crippen molar-refractivity contribution in [3.8, 4) is 0 Å². The van der Waals surface area contributed by atoms with E-state index in [1.54, 1.807) is 18.1 Å². The second kappa shape index (κ2) is 6.95. The summed E-state index contributed by atoms with van der Waals surface area (Å²) in [6.07, 6.45) is 6.55. The lowest BCUT2D eigenvalue weighted by atomic mass is 9.80. The zero-order valence-electron chi connectivity index (χ0n) is 15.4. The number of ketones is 1. The van der Waals surface area contributed by atoms with Crippen molar-refractivity contribution >= 4 is 27.3 Å². The van der Waals surface area contributed by atoms with Crippen molar-refractivity contribution in [3.05, 3.63) is 72.0 Å². The maximum absolute atomic E-state index is 10.4. The van der Waals surface area contributed by atoms with Gasteiger partial charge in [-0.3, -0.25) is 4.79 Å². The van der Waals surface area contributed by atoms with Crippen LogP contribution in [0.2, 0.25) is 0 Å². The molecule has 0 N–H and O–H groups in total. The van der Waals surface area contributed by atoms with Crippen molar-refractivity contribution in [1.82, 2.24) is 0 Å². The third-order valence-electron chi connectivity index (χ3n) is 5.55. The van der Waals surface area contributed by atoms with E-state index in [0.717, 1.165) is 0 Å². The molecule has 0 saturated carbocycles. The van der Waals surface area contributed by atoms with E-state index >= 15 is 0 Å². The van der Waals surface area contributed by atoms with E-state index < -0.39 is 0 Å². The van der Waals surface area contributed by atoms with E-state index in [0.29, 0.717) is 5.92 Å². The second-order valence-electron chi connectivity index (χ2n) is 7.30. The molecule has 0 aromatic heterocycles. The minimum absolute atomic E-state index is 0.0556. The lowest BCUT2D eigenvalue weighted by Gasteiger charge is -2.24. The summed E-state index contributed by atoms with van der Waals surface area (Å²) < 4.78 is 4.73. The highest BCUT2D eigenvalue weighted by molar-refractivity contribution is 6.08. The summed E-state index contributed by atoms with van der Waals surface area (Å²) in [5, 5.41) is 5.63. The monoisotopic (exact) mass is 344 g/mol. The van der Waals surface area contributed by atoms with Crippen LogP contribution in [0.3, 0.4) is 0 Å². The van der Waals surface area contributed by atoms with Gasteiger partial charge in [-0.25, -0.2) is 0 Å². The number of carbonyl (C=O) groups excluding carboxylic acids is 1. The molecule has 2 unspecified atom stereocenters. The molecule has 2 atom stereocenters. The SMILES string of the molecule is CC1CCCc2ccc3c(ccc4ccccc43)c21.CC1OC=CC1=O. The van der Waals surface area contributed by atoms with Crippen molar-refractivity contribution in [2.75, 3.05) is 0 Å². The summed E-state index contributed by atoms with van der Waals surface area (Å²) >= 11 is 0. The molecule has 5 rings (SSSR count). The predicted octanol–water partition coefficient (Wildman–Crippen LogP) is 5.92. The molecule has 1 heterocycles. The van der Waals surface area contributed by atoms with Crippen molar-refractivity contribution in [3.63, 3.8) is 0 Å². The minimum atomic E-state index is -0.236. The van der Waals surface area contributed by atoms with Crippen LogP contribution in [0, 0.1) is 0 Å². The summed E-state index contributed by atoms with van der Waals surface area (Å²) in [5.41, 5.74) is 3.18. The fraction of sp³-hybridized carbons (Fsp3) is 0.292. The molecular weight excluding hydrogens is 320 g/mol. The molecule has 2 aliphatic rings. The van der Waals surface area contributed by atoms with Gasteiger partial charge in [-0.05, 0) is 64.8 Å². The van der Waals surface area contributed by atoms with Gasteiger partial charge in [-0.1, -0.05) is 55.5 Å². The minimum Gasteiger partial charge on any atom is -0.490 e. The second-order valence-corrected chi connectivity index (χ2v) is 7.30. The summed E-state index contributed by atoms with van der Waals surface area (Å²) in [6, 6.07) is 18.0. The zero-order valence-corrected chi connectivity index (χ0v) is 15.4. The molecule has 2 nitrogen and oxygen atoms in total. The fourth-order valence-corrected chi connectivity index (χ4v) is 4.13. The Kier molecular flexibility index (Phi) is 4.50. The first kappa shape index (κ1) is 16.8. The number of ether oxygens (including phenoxy) is 1. The molecule has 0 fully saturated rings. The van der Waals surface area contributed by atoms with Gasteiger partial charge in [0.1, 0.15) is 0 Å². The third kappa shape index (κ3) is 3.01. The van der Waals surface area contributed by atoms with E-state index in [1.165, 1.54) is 53.1 Å². The Balaban J connectivity index is 0.000000204. The molecule has 2 heteroatoms. The molecule has 1 aliphatic carbocycles. The van der Waals surface area contributed by atoms with Gasteiger partial charge in [0.25, 0.3) is 0 Å². The molecule has 3 aromatic carbocycles. The molecule has 3 aromatic rings. The Morgan fingerprint density at radius 1 is 0.923 bits per heavy atom. The average molecular weight is 344 g/mol. The molecule has 0 spiro atoms. The number of fused-ring (bicyclic) bond motifs is 5. The first-order valence-electron chi connectivity index (χ1n) is 9.44. The van der Waals surface area contributed by atoms with E-state index in [4.69, 9.17) is 4.74 Å². The topological polar surface area (TPSA) is 26.3 Å². The van der Waals surface area contributed by atoms with Gasteiger partial charge in [0.15, 0.2) is 11.9 Å². The van der Waals surface area contributed by atoms with Gasteiger partial charge >= 0.3 is 0 Å². The number of hydrogen-bond donors (Lipinski definition) is 0. The van der Waals surface area contributed by atoms with E-state index in [-0.39, 0.29) is 11.9 Å². The summed E-state index contributed by atoms with van der Waals surface area (Å²) in [4.78, 5) is 10.4. The summed E-state index contributed by atoms with van der Waals surface area (Å²) in [5.74, 6) is 0.758. The van der Waals surface area contributed by atoms with Crippen molar-refractivity contribution in [2.24, 2.45) is 0 Å². The maximum Gasteiger partial charge on any atom is 0.198 e. The first-order valence-corrected chi connectivity index (χ1v) is 9.44. The molecule has 1 aliphatic heterocycles. The molecule has 132 valence electrons. The van der Waals surface area contributed by atoms with Gasteiger partial charge in [0, 0.05) is 6.08 Å². The van der Waals surface area contributed by atoms with Crippen LogP contribution in [0.1, 0.15) is 43.7 Å². The lowest BCUT2D eigenvalue weighted by molar-refractivity contribution is -0.119. The highest BCUT2D eigenvalue weighted by Crippen LogP contribution is 2.38. The van der Waals surface area contributed by atoms with Crippen molar-refractivity contribution in [2.45, 2.75) is 45.1 Å². The normalized spacial score (nSPS) is 21.2. The Bertz CT molecular complexity index is 1000. The number of carbonyl (C=O) groups is 1. The number of hydrogen-bond acceptors (Lipinski definition) is 2. The molecular formula is C24H24O2. The molecule has 0 saturated heterocycles. The Hall–Kier alpha value is -2.61. The molecule has 0 radical (unpaired) electrons. The lowest BCUT2D eigenvalue weighted by Crippen LogP contribution is -2.09. The van der Waals surface area contributed by atoms with Crippen LogP contribution in [0.4, 0.5) is 0 Å². The van der Waals surface area contributed by atoms with Gasteiger partial charge in [-0.2, -0.15) is 0 Å². The summed E-state index contributed by atoms with van der Waals surface area (Å²) in [7, 11) is 0. The van der Waals surface area contributed by atoms with Crippen molar-refractivity contribution < 1.29 is 9.53 Å². The number of benzene rings is 3. The highest BCUT2D eigenvalue weighted by Gasteiger charge is 2.19. The van der Waals surface area contributed by atoms with Crippen LogP contribution < -0.4 is 0 Å². The van der Waals surface area contributed by atoms with Crippen LogP contribution in [-0.4, -0.2) is 11.9 Å². The van der Waals surface area contributed by atoms with Crippen LogP contribution >= 0.6 is 0 Å². The van der Waals surface area contributed by atoms with Gasteiger partial charge in [0.05, 0.1) is 6.26 Å². The summed E-state index contributed by atoms with van der Waals surface area (Å²) in [6.45, 7) is 4.11. The van der Waals surface area contributed by atoms with Gasteiger partial charge in [-0.15, -0.1) is 0 Å². The van der Waals surface area contributed by atoms with Crippen LogP contribution in [0.15, 0.2) is 60.9 Å². The van der Waals surface area contributed by atoms with E-state index in [1.807, 2.05) is 0 Å². The average Bonchev–Trinajstić information content (AvgIpc) is 3.04. The van der Waals surface area contributed by atoms with E-state index in [9.17, 15) is 4.79 Å². The maximum atomic E-state index is 10.4. The molecule has 0 bridgehead atoms.